The van der Waals surface area contributed by atoms with E-state index in [1.54, 1.807) is 11.8 Å². The molecule has 0 radical (unpaired) electrons. The number of furan rings is 1. The first-order chi connectivity index (χ1) is 7.99. The van der Waals surface area contributed by atoms with Gasteiger partial charge in [-0.1, -0.05) is 0 Å². The molecular formula is C12H16N2O3. The average molecular weight is 236 g/mol. The molecule has 17 heavy (non-hydrogen) atoms. The highest BCUT2D eigenvalue weighted by atomic mass is 16.3. The highest BCUT2D eigenvalue weighted by Crippen LogP contribution is 2.23. The number of hydrogen-bond acceptors (Lipinski definition) is 3. The van der Waals surface area contributed by atoms with E-state index in [1.165, 1.54) is 0 Å². The number of nitrogens with one attached hydrogen (secondary N) is 1. The Labute approximate surface area is 99.8 Å². The van der Waals surface area contributed by atoms with E-state index in [2.05, 4.69) is 5.32 Å². The first kappa shape index (κ1) is 11.7. The highest BCUT2D eigenvalue weighted by Gasteiger charge is 2.33. The molecule has 2 rings (SSSR count). The number of rotatable bonds is 2. The smallest absolute Gasteiger partial charge is 0.245 e. The second-order valence-electron chi connectivity index (χ2n) is 4.38. The van der Waals surface area contributed by atoms with Gasteiger partial charge in [0.25, 0.3) is 0 Å². The number of piperazine rings is 1. The fourth-order valence-corrected chi connectivity index (χ4v) is 1.99. The predicted molar refractivity (Wildman–Crippen MR) is 61.2 cm³/mol. The fraction of sp³-hybridized carbons (Fsp3) is 0.500. The van der Waals surface area contributed by atoms with Crippen LogP contribution in [0.1, 0.15) is 31.4 Å². The van der Waals surface area contributed by atoms with Gasteiger partial charge in [0.2, 0.25) is 11.8 Å². The Morgan fingerprint density at radius 2 is 2.18 bits per heavy atom. The monoisotopic (exact) mass is 236 g/mol. The third-order valence-electron chi connectivity index (χ3n) is 2.99. The first-order valence-electron chi connectivity index (χ1n) is 5.65. The second kappa shape index (κ2) is 4.24. The van der Waals surface area contributed by atoms with Gasteiger partial charge in [0.15, 0.2) is 0 Å². The Bertz CT molecular complexity index is 452. The molecule has 2 atom stereocenters. The van der Waals surface area contributed by atoms with Crippen molar-refractivity contribution >= 4 is 11.8 Å². The van der Waals surface area contributed by atoms with Gasteiger partial charge < -0.3 is 14.6 Å². The molecule has 0 saturated carbocycles. The zero-order valence-electron chi connectivity index (χ0n) is 10.2. The molecule has 0 aromatic carbocycles. The second-order valence-corrected chi connectivity index (χ2v) is 4.38. The van der Waals surface area contributed by atoms with E-state index in [4.69, 9.17) is 4.42 Å². The standard InChI is InChI=1S/C12H16N2O3/c1-7-4-5-10(17-7)9(3)14-6-11(15)13-8(2)12(14)16/h4-5,8-9H,6H2,1-3H3,(H,13,15). The fourth-order valence-electron chi connectivity index (χ4n) is 1.99. The highest BCUT2D eigenvalue weighted by molar-refractivity contribution is 5.94. The van der Waals surface area contributed by atoms with E-state index in [1.807, 2.05) is 26.0 Å². The minimum absolute atomic E-state index is 0.0776. The number of nitrogens with zero attached hydrogens (tertiary/aromatic N) is 1. The molecule has 5 nitrogen and oxygen atoms in total. The van der Waals surface area contributed by atoms with E-state index in [0.717, 1.165) is 5.76 Å². The van der Waals surface area contributed by atoms with Crippen molar-refractivity contribution in [3.63, 3.8) is 0 Å². The van der Waals surface area contributed by atoms with Gasteiger partial charge >= 0.3 is 0 Å². The van der Waals surface area contributed by atoms with Gasteiger partial charge in [0.1, 0.15) is 24.1 Å². The minimum Gasteiger partial charge on any atom is -0.464 e. The molecule has 2 unspecified atom stereocenters. The van der Waals surface area contributed by atoms with Gasteiger partial charge in [-0.2, -0.15) is 0 Å². The van der Waals surface area contributed by atoms with Crippen LogP contribution in [0.3, 0.4) is 0 Å². The van der Waals surface area contributed by atoms with E-state index in [0.29, 0.717) is 5.76 Å². The van der Waals surface area contributed by atoms with E-state index in [-0.39, 0.29) is 24.4 Å². The molecule has 2 amide bonds. The maximum Gasteiger partial charge on any atom is 0.245 e. The van der Waals surface area contributed by atoms with Crippen molar-refractivity contribution in [2.24, 2.45) is 0 Å². The summed E-state index contributed by atoms with van der Waals surface area (Å²) in [5.41, 5.74) is 0. The number of carbonyl (C=O) groups excluding carboxylic acids is 2. The normalized spacial score (nSPS) is 22.5. The summed E-state index contributed by atoms with van der Waals surface area (Å²) in [5.74, 6) is 1.30. The minimum atomic E-state index is -0.463. The van der Waals surface area contributed by atoms with Crippen LogP contribution in [0.5, 0.6) is 0 Å². The predicted octanol–water partition coefficient (Wildman–Crippen LogP) is 0.996. The largest absolute Gasteiger partial charge is 0.464 e. The lowest BCUT2D eigenvalue weighted by Gasteiger charge is -2.34. The summed E-state index contributed by atoms with van der Waals surface area (Å²) in [5, 5.41) is 2.61. The van der Waals surface area contributed by atoms with Crippen molar-refractivity contribution in [3.8, 4) is 0 Å². The van der Waals surface area contributed by atoms with E-state index in [9.17, 15) is 9.59 Å². The molecule has 1 aromatic rings. The summed E-state index contributed by atoms with van der Waals surface area (Å²) in [4.78, 5) is 24.9. The Balaban J connectivity index is 2.20. The van der Waals surface area contributed by atoms with Gasteiger partial charge in [0.05, 0.1) is 6.04 Å². The third-order valence-corrected chi connectivity index (χ3v) is 2.99. The average Bonchev–Trinajstić information content (AvgIpc) is 2.69. The molecule has 2 heterocycles. The summed E-state index contributed by atoms with van der Waals surface area (Å²) < 4.78 is 5.49. The summed E-state index contributed by atoms with van der Waals surface area (Å²) in [6.07, 6.45) is 0. The Morgan fingerprint density at radius 1 is 1.47 bits per heavy atom. The molecule has 0 spiro atoms. The maximum atomic E-state index is 12.0. The van der Waals surface area contributed by atoms with Crippen LogP contribution in [0.15, 0.2) is 16.5 Å². The molecule has 1 N–H and O–H groups in total. The van der Waals surface area contributed by atoms with Gasteiger partial charge in [-0.05, 0) is 32.9 Å². The molecule has 1 saturated heterocycles. The van der Waals surface area contributed by atoms with Gasteiger partial charge in [0, 0.05) is 0 Å². The van der Waals surface area contributed by atoms with Crippen LogP contribution in [0.4, 0.5) is 0 Å². The zero-order chi connectivity index (χ0) is 12.6. The maximum absolute atomic E-state index is 12.0. The molecular weight excluding hydrogens is 220 g/mol. The van der Waals surface area contributed by atoms with Crippen molar-refractivity contribution < 1.29 is 14.0 Å². The van der Waals surface area contributed by atoms with Crippen molar-refractivity contribution in [2.45, 2.75) is 32.9 Å². The summed E-state index contributed by atoms with van der Waals surface area (Å²) >= 11 is 0. The molecule has 1 aliphatic rings. The molecule has 92 valence electrons. The van der Waals surface area contributed by atoms with Crippen LogP contribution in [-0.2, 0) is 9.59 Å². The first-order valence-corrected chi connectivity index (χ1v) is 5.65. The van der Waals surface area contributed by atoms with Crippen LogP contribution in [0, 0.1) is 6.92 Å². The Morgan fingerprint density at radius 3 is 2.76 bits per heavy atom. The quantitative estimate of drug-likeness (QED) is 0.833. The van der Waals surface area contributed by atoms with Gasteiger partial charge in [-0.25, -0.2) is 0 Å². The SMILES string of the molecule is Cc1ccc(C(C)N2CC(=O)NC(C)C2=O)o1. The summed E-state index contributed by atoms with van der Waals surface area (Å²) in [6, 6.07) is 3.01. The molecule has 1 aliphatic heterocycles. The van der Waals surface area contributed by atoms with Crippen LogP contribution in [0.25, 0.3) is 0 Å². The number of carbonyl (C=O) groups is 2. The lowest BCUT2D eigenvalue weighted by molar-refractivity contribution is -0.146. The van der Waals surface area contributed by atoms with Crippen LogP contribution < -0.4 is 5.32 Å². The lowest BCUT2D eigenvalue weighted by Crippen LogP contribution is -2.57. The van der Waals surface area contributed by atoms with Gasteiger partial charge in [-0.15, -0.1) is 0 Å². The van der Waals surface area contributed by atoms with Crippen molar-refractivity contribution in [3.05, 3.63) is 23.7 Å². The Hall–Kier alpha value is -1.78. The summed E-state index contributed by atoms with van der Waals surface area (Å²) in [6.45, 7) is 5.49. The van der Waals surface area contributed by atoms with E-state index < -0.39 is 6.04 Å². The van der Waals surface area contributed by atoms with Crippen LogP contribution >= 0.6 is 0 Å². The topological polar surface area (TPSA) is 62.6 Å². The Kier molecular flexibility index (Phi) is 2.92. The zero-order valence-corrected chi connectivity index (χ0v) is 10.2. The third kappa shape index (κ3) is 2.18. The molecule has 0 aliphatic carbocycles. The van der Waals surface area contributed by atoms with Crippen molar-refractivity contribution in [1.29, 1.82) is 0 Å². The summed E-state index contributed by atoms with van der Waals surface area (Å²) in [7, 11) is 0. The van der Waals surface area contributed by atoms with Crippen LogP contribution in [0.2, 0.25) is 0 Å². The number of hydrogen-bond donors (Lipinski definition) is 1. The molecule has 1 aromatic heterocycles. The molecule has 5 heteroatoms. The lowest BCUT2D eigenvalue weighted by atomic mass is 10.1. The molecule has 0 bridgehead atoms. The van der Waals surface area contributed by atoms with Gasteiger partial charge in [-0.3, -0.25) is 9.59 Å². The molecule has 1 fully saturated rings. The number of amides is 2. The van der Waals surface area contributed by atoms with E-state index >= 15 is 0 Å². The number of aryl methyl sites for hydroxylation is 1. The van der Waals surface area contributed by atoms with Crippen LogP contribution in [-0.4, -0.2) is 29.3 Å². The van der Waals surface area contributed by atoms with Crippen molar-refractivity contribution in [1.82, 2.24) is 10.2 Å². The van der Waals surface area contributed by atoms with Crippen molar-refractivity contribution in [2.75, 3.05) is 6.54 Å².